The zero-order valence-corrected chi connectivity index (χ0v) is 14.0. The summed E-state index contributed by atoms with van der Waals surface area (Å²) >= 11 is 0. The summed E-state index contributed by atoms with van der Waals surface area (Å²) < 4.78 is 29.4. The molecule has 0 bridgehead atoms. The molecule has 1 aliphatic rings. The van der Waals surface area contributed by atoms with Crippen LogP contribution in [0.4, 0.5) is 0 Å². The first-order chi connectivity index (χ1) is 10.4. The van der Waals surface area contributed by atoms with E-state index in [4.69, 9.17) is 0 Å². The van der Waals surface area contributed by atoms with Crippen molar-refractivity contribution in [3.63, 3.8) is 0 Å². The molecule has 3 rings (SSSR count). The molecular formula is C16H21N3O2S. The van der Waals surface area contributed by atoms with Crippen molar-refractivity contribution >= 4 is 10.0 Å². The van der Waals surface area contributed by atoms with Crippen molar-refractivity contribution in [1.29, 1.82) is 0 Å². The average Bonchev–Trinajstić information content (AvgIpc) is 2.81. The van der Waals surface area contributed by atoms with Gasteiger partial charge in [0.05, 0.1) is 11.4 Å². The number of fused-ring (bicyclic) bond motifs is 1. The summed E-state index contributed by atoms with van der Waals surface area (Å²) in [6.45, 7) is 7.19. The predicted molar refractivity (Wildman–Crippen MR) is 85.1 cm³/mol. The van der Waals surface area contributed by atoms with Gasteiger partial charge in [0.2, 0.25) is 10.0 Å². The maximum Gasteiger partial charge on any atom is 0.247 e. The molecule has 6 heteroatoms. The van der Waals surface area contributed by atoms with Gasteiger partial charge in [0.1, 0.15) is 4.90 Å². The van der Waals surface area contributed by atoms with Gasteiger partial charge < -0.3 is 0 Å². The molecule has 0 spiro atoms. The lowest BCUT2D eigenvalue weighted by Gasteiger charge is -2.28. The zero-order valence-electron chi connectivity index (χ0n) is 13.2. The molecule has 1 aromatic heterocycles. The predicted octanol–water partition coefficient (Wildman–Crippen LogP) is 2.27. The molecule has 0 aliphatic carbocycles. The topological polar surface area (TPSA) is 55.2 Å². The standard InChI is InChI=1S/C16H21N3O2S/c1-4-19-13(3)16(12(2)17-19)22(20,21)18-10-9-14-7-5-6-8-15(14)11-18/h5-8H,4,9-11H2,1-3H3. The second kappa shape index (κ2) is 5.52. The number of hydrogen-bond donors (Lipinski definition) is 0. The molecule has 0 N–H and O–H groups in total. The summed E-state index contributed by atoms with van der Waals surface area (Å²) in [5.41, 5.74) is 3.64. The molecule has 0 saturated heterocycles. The highest BCUT2D eigenvalue weighted by atomic mass is 32.2. The Hall–Kier alpha value is -1.66. The van der Waals surface area contributed by atoms with Crippen LogP contribution in [-0.4, -0.2) is 29.0 Å². The van der Waals surface area contributed by atoms with Crippen LogP contribution in [0.5, 0.6) is 0 Å². The number of benzene rings is 1. The molecule has 1 aliphatic heterocycles. The highest BCUT2D eigenvalue weighted by Gasteiger charge is 2.32. The van der Waals surface area contributed by atoms with Gasteiger partial charge in [-0.25, -0.2) is 8.42 Å². The van der Waals surface area contributed by atoms with Gasteiger partial charge in [-0.2, -0.15) is 9.40 Å². The van der Waals surface area contributed by atoms with Crippen LogP contribution in [-0.2, 0) is 29.5 Å². The number of aromatic nitrogens is 2. The Balaban J connectivity index is 2.00. The summed E-state index contributed by atoms with van der Waals surface area (Å²) in [6, 6.07) is 8.04. The molecule has 0 unspecified atom stereocenters. The Morgan fingerprint density at radius 3 is 2.50 bits per heavy atom. The van der Waals surface area contributed by atoms with E-state index in [-0.39, 0.29) is 0 Å². The van der Waals surface area contributed by atoms with Crippen LogP contribution in [0.3, 0.4) is 0 Å². The fourth-order valence-electron chi connectivity index (χ4n) is 3.17. The fourth-order valence-corrected chi connectivity index (χ4v) is 4.96. The van der Waals surface area contributed by atoms with Gasteiger partial charge in [0, 0.05) is 19.6 Å². The molecule has 0 radical (unpaired) electrons. The van der Waals surface area contributed by atoms with Crippen molar-refractivity contribution in [3.8, 4) is 0 Å². The average molecular weight is 319 g/mol. The maximum atomic E-state index is 13.0. The quantitative estimate of drug-likeness (QED) is 0.872. The molecule has 1 aromatic carbocycles. The Morgan fingerprint density at radius 2 is 1.86 bits per heavy atom. The van der Waals surface area contributed by atoms with Gasteiger partial charge in [-0.1, -0.05) is 24.3 Å². The second-order valence-electron chi connectivity index (χ2n) is 5.67. The van der Waals surface area contributed by atoms with Crippen LogP contribution in [0.15, 0.2) is 29.2 Å². The third-order valence-corrected chi connectivity index (χ3v) is 6.41. The zero-order chi connectivity index (χ0) is 15.9. The first-order valence-electron chi connectivity index (χ1n) is 7.56. The smallest absolute Gasteiger partial charge is 0.247 e. The minimum atomic E-state index is -3.51. The monoisotopic (exact) mass is 319 g/mol. The minimum Gasteiger partial charge on any atom is -0.268 e. The summed E-state index contributed by atoms with van der Waals surface area (Å²) in [4.78, 5) is 0.369. The van der Waals surface area contributed by atoms with Crippen LogP contribution in [0.1, 0.15) is 29.4 Å². The molecule has 5 nitrogen and oxygen atoms in total. The van der Waals surface area contributed by atoms with Crippen molar-refractivity contribution in [3.05, 3.63) is 46.8 Å². The molecular weight excluding hydrogens is 298 g/mol. The van der Waals surface area contributed by atoms with Crippen molar-refractivity contribution in [1.82, 2.24) is 14.1 Å². The number of nitrogens with zero attached hydrogens (tertiary/aromatic N) is 3. The van der Waals surface area contributed by atoms with Gasteiger partial charge >= 0.3 is 0 Å². The molecule has 22 heavy (non-hydrogen) atoms. The SMILES string of the molecule is CCn1nc(C)c(S(=O)(=O)N2CCc3ccccc3C2)c1C. The Kier molecular flexibility index (Phi) is 3.82. The van der Waals surface area contributed by atoms with Crippen LogP contribution in [0, 0.1) is 13.8 Å². The minimum absolute atomic E-state index is 0.369. The van der Waals surface area contributed by atoms with E-state index in [9.17, 15) is 8.42 Å². The van der Waals surface area contributed by atoms with Crippen molar-refractivity contribution in [2.75, 3.05) is 6.54 Å². The normalized spacial score (nSPS) is 15.8. The van der Waals surface area contributed by atoms with Crippen molar-refractivity contribution < 1.29 is 8.42 Å². The Bertz CT molecular complexity index is 809. The van der Waals surface area contributed by atoms with E-state index in [1.165, 1.54) is 5.56 Å². The van der Waals surface area contributed by atoms with Gasteiger partial charge in [-0.05, 0) is 38.3 Å². The molecule has 2 aromatic rings. The molecule has 0 saturated carbocycles. The van der Waals surface area contributed by atoms with Gasteiger partial charge in [-0.15, -0.1) is 0 Å². The van der Waals surface area contributed by atoms with E-state index in [0.717, 1.165) is 17.7 Å². The van der Waals surface area contributed by atoms with Crippen molar-refractivity contribution in [2.45, 2.75) is 45.2 Å². The molecule has 118 valence electrons. The Labute approximate surface area is 131 Å². The van der Waals surface area contributed by atoms with E-state index in [1.807, 2.05) is 32.0 Å². The highest BCUT2D eigenvalue weighted by Crippen LogP contribution is 2.28. The van der Waals surface area contributed by atoms with E-state index in [1.54, 1.807) is 15.9 Å². The maximum absolute atomic E-state index is 13.0. The Morgan fingerprint density at radius 1 is 1.18 bits per heavy atom. The van der Waals surface area contributed by atoms with Crippen LogP contribution in [0.25, 0.3) is 0 Å². The lowest BCUT2D eigenvalue weighted by atomic mass is 10.0. The number of rotatable bonds is 3. The molecule has 0 fully saturated rings. The van der Waals surface area contributed by atoms with Crippen LogP contribution >= 0.6 is 0 Å². The van der Waals surface area contributed by atoms with Gasteiger partial charge in [0.15, 0.2) is 0 Å². The first-order valence-corrected chi connectivity index (χ1v) is 9.00. The second-order valence-corrected chi connectivity index (χ2v) is 7.55. The number of sulfonamides is 1. The summed E-state index contributed by atoms with van der Waals surface area (Å²) in [7, 11) is -3.51. The van der Waals surface area contributed by atoms with E-state index in [2.05, 4.69) is 11.2 Å². The van der Waals surface area contributed by atoms with E-state index >= 15 is 0 Å². The summed E-state index contributed by atoms with van der Waals surface area (Å²) in [5.74, 6) is 0. The third kappa shape index (κ3) is 2.36. The van der Waals surface area contributed by atoms with Crippen molar-refractivity contribution in [2.24, 2.45) is 0 Å². The van der Waals surface area contributed by atoms with Gasteiger partial charge in [-0.3, -0.25) is 4.68 Å². The number of hydrogen-bond acceptors (Lipinski definition) is 3. The largest absolute Gasteiger partial charge is 0.268 e. The molecule has 2 heterocycles. The molecule has 0 amide bonds. The lowest BCUT2D eigenvalue weighted by Crippen LogP contribution is -2.36. The molecule has 0 atom stereocenters. The van der Waals surface area contributed by atoms with E-state index in [0.29, 0.717) is 30.2 Å². The van der Waals surface area contributed by atoms with Crippen LogP contribution < -0.4 is 0 Å². The van der Waals surface area contributed by atoms with E-state index < -0.39 is 10.0 Å². The summed E-state index contributed by atoms with van der Waals surface area (Å²) in [5, 5.41) is 4.34. The summed E-state index contributed by atoms with van der Waals surface area (Å²) in [6.07, 6.45) is 0.759. The third-order valence-electron chi connectivity index (χ3n) is 4.31. The first kappa shape index (κ1) is 15.2. The number of aryl methyl sites for hydroxylation is 2. The lowest BCUT2D eigenvalue weighted by molar-refractivity contribution is 0.390. The van der Waals surface area contributed by atoms with Crippen LogP contribution in [0.2, 0.25) is 0 Å². The highest BCUT2D eigenvalue weighted by molar-refractivity contribution is 7.89. The fraction of sp³-hybridized carbons (Fsp3) is 0.438. The van der Waals surface area contributed by atoms with Gasteiger partial charge in [0.25, 0.3) is 0 Å².